The summed E-state index contributed by atoms with van der Waals surface area (Å²) in [5.41, 5.74) is 0.433. The third-order valence-corrected chi connectivity index (χ3v) is 2.75. The number of nitriles is 1. The van der Waals surface area contributed by atoms with Crippen LogP contribution in [0.25, 0.3) is 0 Å². The minimum Gasteiger partial charge on any atom is -0.439 e. The Morgan fingerprint density at radius 2 is 1.68 bits per heavy atom. The van der Waals surface area contributed by atoms with Crippen molar-refractivity contribution in [2.24, 2.45) is 0 Å². The predicted octanol–water partition coefficient (Wildman–Crippen LogP) is 3.73. The summed E-state index contributed by atoms with van der Waals surface area (Å²) in [6, 6.07) is 20.5. The number of benzene rings is 2. The molecule has 0 N–H and O–H groups in total. The van der Waals surface area contributed by atoms with E-state index in [1.54, 1.807) is 54.6 Å². The highest BCUT2D eigenvalue weighted by atomic mass is 16.5. The lowest BCUT2D eigenvalue weighted by Gasteiger charge is -2.08. The van der Waals surface area contributed by atoms with Crippen LogP contribution in [0.4, 0.5) is 0 Å². The summed E-state index contributed by atoms with van der Waals surface area (Å²) < 4.78 is 11.2. The van der Waals surface area contributed by atoms with Crippen LogP contribution in [0.1, 0.15) is 5.56 Å². The quantitative estimate of drug-likeness (QED) is 0.731. The fourth-order valence-corrected chi connectivity index (χ4v) is 1.76. The van der Waals surface area contributed by atoms with E-state index in [2.05, 4.69) is 22.1 Å². The van der Waals surface area contributed by atoms with E-state index < -0.39 is 0 Å². The van der Waals surface area contributed by atoms with Crippen LogP contribution < -0.4 is 9.47 Å². The molecule has 0 bridgehead atoms. The number of hydrogen-bond donors (Lipinski definition) is 0. The summed E-state index contributed by atoms with van der Waals surface area (Å²) in [5, 5.41) is 9.06. The van der Waals surface area contributed by atoms with E-state index in [9.17, 15) is 0 Å². The molecule has 0 unspecified atom stereocenters. The maximum absolute atomic E-state index is 9.06. The molecule has 2 aromatic carbocycles. The molecule has 0 saturated heterocycles. The average Bonchev–Trinajstić information content (AvgIpc) is 2.57. The highest BCUT2D eigenvalue weighted by Crippen LogP contribution is 2.26. The number of hydrogen-bond acceptors (Lipinski definition) is 5. The summed E-state index contributed by atoms with van der Waals surface area (Å²) in [7, 11) is 0. The van der Waals surface area contributed by atoms with Crippen molar-refractivity contribution >= 4 is 0 Å². The molecule has 0 saturated carbocycles. The molecule has 1 radical (unpaired) electrons. The van der Waals surface area contributed by atoms with Crippen LogP contribution in [0.15, 0.2) is 60.9 Å². The van der Waals surface area contributed by atoms with Gasteiger partial charge < -0.3 is 9.47 Å². The first kappa shape index (κ1) is 13.6. The topological polar surface area (TPSA) is 68.0 Å². The van der Waals surface area contributed by atoms with Crippen molar-refractivity contribution in [3.05, 3.63) is 72.6 Å². The monoisotopic (exact) mass is 288 g/mol. The number of aromatic nitrogens is 2. The van der Waals surface area contributed by atoms with Crippen LogP contribution in [0.2, 0.25) is 0 Å². The Kier molecular flexibility index (Phi) is 3.94. The van der Waals surface area contributed by atoms with Crippen LogP contribution in [-0.4, -0.2) is 9.97 Å². The van der Waals surface area contributed by atoms with Gasteiger partial charge in [0.1, 0.15) is 23.9 Å². The lowest BCUT2D eigenvalue weighted by Crippen LogP contribution is -1.93. The molecule has 0 aliphatic heterocycles. The van der Waals surface area contributed by atoms with Crippen LogP contribution >= 0.6 is 0 Å². The molecule has 3 aromatic rings. The summed E-state index contributed by atoms with van der Waals surface area (Å²) >= 11 is 0. The van der Waals surface area contributed by atoms with Crippen LogP contribution in [0.3, 0.4) is 0 Å². The van der Waals surface area contributed by atoms with Gasteiger partial charge in [0.2, 0.25) is 11.8 Å². The van der Waals surface area contributed by atoms with E-state index in [1.165, 1.54) is 6.33 Å². The van der Waals surface area contributed by atoms with E-state index in [1.807, 2.05) is 0 Å². The van der Waals surface area contributed by atoms with Gasteiger partial charge in [-0.25, -0.2) is 9.97 Å². The van der Waals surface area contributed by atoms with Gasteiger partial charge in [-0.05, 0) is 30.3 Å². The van der Waals surface area contributed by atoms with Gasteiger partial charge in [0.05, 0.1) is 11.6 Å². The fraction of sp³-hybridized carbons (Fsp3) is 0. The van der Waals surface area contributed by atoms with E-state index in [0.717, 1.165) is 0 Å². The van der Waals surface area contributed by atoms with Crippen molar-refractivity contribution in [1.82, 2.24) is 9.97 Å². The molecule has 3 rings (SSSR count). The van der Waals surface area contributed by atoms with Crippen molar-refractivity contribution in [3.63, 3.8) is 0 Å². The summed E-state index contributed by atoms with van der Waals surface area (Å²) in [4.78, 5) is 8.05. The number of rotatable bonds is 4. The molecule has 0 fully saturated rings. The Morgan fingerprint density at radius 1 is 0.955 bits per heavy atom. The fourth-order valence-electron chi connectivity index (χ4n) is 1.76. The molecule has 5 nitrogen and oxygen atoms in total. The molecule has 5 heteroatoms. The molecule has 0 spiro atoms. The first-order chi connectivity index (χ1) is 10.8. The number of nitrogens with zero attached hydrogens (tertiary/aromatic N) is 3. The lowest BCUT2D eigenvalue weighted by atomic mass is 10.2. The van der Waals surface area contributed by atoms with E-state index >= 15 is 0 Å². The maximum Gasteiger partial charge on any atom is 0.226 e. The first-order valence-corrected chi connectivity index (χ1v) is 6.48. The zero-order chi connectivity index (χ0) is 15.2. The Balaban J connectivity index is 1.81. The lowest BCUT2D eigenvalue weighted by molar-refractivity contribution is 0.433. The SMILES string of the molecule is N#Cc1ccccc1Oc1cc(Oc2cc[c]cc2)ncn1. The zero-order valence-corrected chi connectivity index (χ0v) is 11.4. The van der Waals surface area contributed by atoms with Gasteiger partial charge in [0.15, 0.2) is 0 Å². The van der Waals surface area contributed by atoms with Crippen molar-refractivity contribution in [2.45, 2.75) is 0 Å². The second kappa shape index (κ2) is 6.37. The number of para-hydroxylation sites is 1. The molecule has 1 aromatic heterocycles. The van der Waals surface area contributed by atoms with Crippen molar-refractivity contribution in [1.29, 1.82) is 5.26 Å². The average molecular weight is 288 g/mol. The molecule has 22 heavy (non-hydrogen) atoms. The smallest absolute Gasteiger partial charge is 0.226 e. The first-order valence-electron chi connectivity index (χ1n) is 6.48. The second-order valence-corrected chi connectivity index (χ2v) is 4.24. The van der Waals surface area contributed by atoms with Crippen molar-refractivity contribution < 1.29 is 9.47 Å². The summed E-state index contributed by atoms with van der Waals surface area (Å²) in [6.45, 7) is 0. The van der Waals surface area contributed by atoms with E-state index in [0.29, 0.717) is 28.8 Å². The minimum absolute atomic E-state index is 0.301. The van der Waals surface area contributed by atoms with Crippen LogP contribution in [0.5, 0.6) is 23.3 Å². The minimum atomic E-state index is 0.301. The van der Waals surface area contributed by atoms with Gasteiger partial charge in [-0.1, -0.05) is 24.3 Å². The van der Waals surface area contributed by atoms with Gasteiger partial charge in [-0.2, -0.15) is 5.26 Å². The highest BCUT2D eigenvalue weighted by Gasteiger charge is 2.07. The molecule has 0 aliphatic carbocycles. The van der Waals surface area contributed by atoms with Crippen molar-refractivity contribution in [2.75, 3.05) is 0 Å². The number of ether oxygens (including phenoxy) is 2. The van der Waals surface area contributed by atoms with Crippen LogP contribution in [0, 0.1) is 17.4 Å². The van der Waals surface area contributed by atoms with Gasteiger partial charge in [0, 0.05) is 0 Å². The molecule has 1 heterocycles. The highest BCUT2D eigenvalue weighted by molar-refractivity contribution is 5.44. The predicted molar refractivity (Wildman–Crippen MR) is 78.6 cm³/mol. The Hall–Kier alpha value is -3.39. The molecular weight excluding hydrogens is 278 g/mol. The van der Waals surface area contributed by atoms with E-state index in [4.69, 9.17) is 14.7 Å². The van der Waals surface area contributed by atoms with Crippen LogP contribution in [-0.2, 0) is 0 Å². The Labute approximate surface area is 127 Å². The standard InChI is InChI=1S/C17H10N3O2/c18-11-13-6-4-5-9-15(13)22-17-10-16(19-12-20-17)21-14-7-2-1-3-8-14/h2-10,12H. The normalized spacial score (nSPS) is 9.77. The third kappa shape index (κ3) is 3.19. The van der Waals surface area contributed by atoms with Gasteiger partial charge in [-0.3, -0.25) is 0 Å². The van der Waals surface area contributed by atoms with Gasteiger partial charge >= 0.3 is 0 Å². The van der Waals surface area contributed by atoms with E-state index in [-0.39, 0.29) is 0 Å². The Morgan fingerprint density at radius 3 is 2.45 bits per heavy atom. The summed E-state index contributed by atoms with van der Waals surface area (Å²) in [5.74, 6) is 1.73. The third-order valence-electron chi connectivity index (χ3n) is 2.75. The molecule has 0 amide bonds. The largest absolute Gasteiger partial charge is 0.439 e. The molecule has 0 atom stereocenters. The molecule has 0 aliphatic rings. The zero-order valence-electron chi connectivity index (χ0n) is 11.4. The van der Waals surface area contributed by atoms with Crippen molar-refractivity contribution in [3.8, 4) is 29.3 Å². The summed E-state index contributed by atoms with van der Waals surface area (Å²) in [6.07, 6.45) is 1.34. The molecule has 105 valence electrons. The maximum atomic E-state index is 9.06. The Bertz CT molecular complexity index is 813. The van der Waals surface area contributed by atoms with Gasteiger partial charge in [0.25, 0.3) is 0 Å². The molecular formula is C17H10N3O2. The van der Waals surface area contributed by atoms with Gasteiger partial charge in [-0.15, -0.1) is 0 Å². The second-order valence-electron chi connectivity index (χ2n) is 4.24.